The Morgan fingerprint density at radius 2 is 1.60 bits per heavy atom. The van der Waals surface area contributed by atoms with Crippen molar-refractivity contribution in [2.24, 2.45) is 0 Å². The predicted molar refractivity (Wildman–Crippen MR) is 139 cm³/mol. The molecule has 0 unspecified atom stereocenters. The number of ether oxygens (including phenoxy) is 3. The first-order chi connectivity index (χ1) is 19.5. The maximum atomic E-state index is 12.2. The van der Waals surface area contributed by atoms with Crippen LogP contribution >= 0.6 is 0 Å². The molecular formula is C26H27N7O7. The van der Waals surface area contributed by atoms with E-state index in [1.165, 1.54) is 4.90 Å². The molecule has 14 nitrogen and oxygen atoms in total. The molecule has 2 N–H and O–H groups in total. The number of benzene rings is 2. The Balaban J connectivity index is 0.956. The van der Waals surface area contributed by atoms with E-state index in [0.717, 1.165) is 10.1 Å². The third-order valence-electron chi connectivity index (χ3n) is 6.15. The molecular weight excluding hydrogens is 522 g/mol. The first kappa shape index (κ1) is 26.8. The highest BCUT2D eigenvalue weighted by Gasteiger charge is 2.30. The third kappa shape index (κ3) is 6.42. The quantitative estimate of drug-likeness (QED) is 0.138. The normalized spacial score (nSPS) is 12.9. The van der Waals surface area contributed by atoms with Gasteiger partial charge in [-0.1, -0.05) is 17.3 Å². The van der Waals surface area contributed by atoms with Gasteiger partial charge in [-0.3, -0.25) is 14.5 Å². The Bertz CT molecular complexity index is 1540. The van der Waals surface area contributed by atoms with Crippen LogP contribution < -0.4 is 16.1 Å². The van der Waals surface area contributed by atoms with Gasteiger partial charge in [-0.05, 0) is 42.0 Å². The van der Waals surface area contributed by atoms with E-state index in [1.807, 2.05) is 12.1 Å². The molecule has 2 aromatic carbocycles. The molecule has 40 heavy (non-hydrogen) atoms. The standard InChI is InChI=1S/C26H27N7O7/c34-23-9-10-32(23)24(35)19-3-1-18(2-4-19)16-39-14-13-38-12-11-31-15-20(27-30-31)17-40-22-7-5-21(6-8-22)33-25(36)28-29-26(33)37/h1-8,15H,9-14,16-17H2,(H,28,36)(H,29,37). The second-order valence-corrected chi connectivity index (χ2v) is 8.91. The van der Waals surface area contributed by atoms with E-state index in [1.54, 1.807) is 47.3 Å². The molecule has 3 heterocycles. The summed E-state index contributed by atoms with van der Waals surface area (Å²) in [5, 5.41) is 12.6. The molecule has 0 saturated carbocycles. The number of hydrogen-bond donors (Lipinski definition) is 2. The lowest BCUT2D eigenvalue weighted by molar-refractivity contribution is -0.135. The van der Waals surface area contributed by atoms with Gasteiger partial charge in [0.05, 0.1) is 44.9 Å². The number of nitrogens with zero attached hydrogens (tertiary/aromatic N) is 5. The number of β-lactam (4-membered cyclic amide) rings is 1. The lowest BCUT2D eigenvalue weighted by atomic mass is 10.1. The summed E-state index contributed by atoms with van der Waals surface area (Å²) >= 11 is 0. The zero-order valence-corrected chi connectivity index (χ0v) is 21.4. The molecule has 1 saturated heterocycles. The van der Waals surface area contributed by atoms with Crippen LogP contribution in [0.4, 0.5) is 0 Å². The lowest BCUT2D eigenvalue weighted by Crippen LogP contribution is -2.47. The van der Waals surface area contributed by atoms with Crippen LogP contribution in [0.25, 0.3) is 5.69 Å². The molecule has 0 bridgehead atoms. The number of likely N-dealkylation sites (tertiary alicyclic amines) is 1. The highest BCUT2D eigenvalue weighted by molar-refractivity contribution is 6.07. The molecule has 1 aliphatic rings. The van der Waals surface area contributed by atoms with E-state index < -0.39 is 11.4 Å². The summed E-state index contributed by atoms with van der Waals surface area (Å²) < 4.78 is 19.6. The highest BCUT2D eigenvalue weighted by Crippen LogP contribution is 2.16. The molecule has 2 amide bonds. The Morgan fingerprint density at radius 3 is 2.27 bits per heavy atom. The molecule has 208 valence electrons. The monoisotopic (exact) mass is 549 g/mol. The molecule has 0 aliphatic carbocycles. The molecule has 1 fully saturated rings. The van der Waals surface area contributed by atoms with Crippen molar-refractivity contribution < 1.29 is 23.8 Å². The van der Waals surface area contributed by atoms with Crippen LogP contribution in [0.15, 0.2) is 64.3 Å². The van der Waals surface area contributed by atoms with Gasteiger partial charge in [-0.15, -0.1) is 5.10 Å². The highest BCUT2D eigenvalue weighted by atomic mass is 16.5. The second-order valence-electron chi connectivity index (χ2n) is 8.91. The zero-order chi connectivity index (χ0) is 27.9. The fourth-order valence-electron chi connectivity index (χ4n) is 3.91. The van der Waals surface area contributed by atoms with Gasteiger partial charge in [0.1, 0.15) is 18.1 Å². The summed E-state index contributed by atoms with van der Waals surface area (Å²) in [5.41, 5.74) is 1.36. The van der Waals surface area contributed by atoms with Gasteiger partial charge in [0.15, 0.2) is 0 Å². The van der Waals surface area contributed by atoms with Gasteiger partial charge >= 0.3 is 11.4 Å². The molecule has 5 rings (SSSR count). The van der Waals surface area contributed by atoms with Crippen LogP contribution in [-0.2, 0) is 34.0 Å². The van der Waals surface area contributed by atoms with Gasteiger partial charge in [0.2, 0.25) is 5.91 Å². The number of H-pyrrole nitrogens is 2. The van der Waals surface area contributed by atoms with Gasteiger partial charge in [-0.2, -0.15) is 0 Å². The van der Waals surface area contributed by atoms with E-state index in [-0.39, 0.29) is 18.4 Å². The molecule has 1 aliphatic heterocycles. The maximum absolute atomic E-state index is 12.2. The van der Waals surface area contributed by atoms with Crippen LogP contribution in [0.3, 0.4) is 0 Å². The molecule has 0 spiro atoms. The number of carbonyl (C=O) groups is 2. The summed E-state index contributed by atoms with van der Waals surface area (Å²) in [6.45, 7) is 2.83. The number of carbonyl (C=O) groups excluding carboxylic acids is 2. The minimum atomic E-state index is -0.550. The minimum absolute atomic E-state index is 0.135. The van der Waals surface area contributed by atoms with Gasteiger partial charge in [0.25, 0.3) is 5.91 Å². The average Bonchev–Trinajstić information content (AvgIpc) is 3.56. The van der Waals surface area contributed by atoms with E-state index in [4.69, 9.17) is 14.2 Å². The Hall–Kier alpha value is -4.82. The number of rotatable bonds is 13. The van der Waals surface area contributed by atoms with E-state index >= 15 is 0 Å². The van der Waals surface area contributed by atoms with Crippen molar-refractivity contribution >= 4 is 11.8 Å². The largest absolute Gasteiger partial charge is 0.487 e. The first-order valence-corrected chi connectivity index (χ1v) is 12.6. The number of nitrogens with one attached hydrogen (secondary N) is 2. The number of aromatic amines is 2. The van der Waals surface area contributed by atoms with Gasteiger partial charge in [-0.25, -0.2) is 29.0 Å². The van der Waals surface area contributed by atoms with Crippen molar-refractivity contribution in [3.63, 3.8) is 0 Å². The van der Waals surface area contributed by atoms with Crippen LogP contribution in [0, 0.1) is 0 Å². The Kier molecular flexibility index (Phi) is 8.27. The van der Waals surface area contributed by atoms with Crippen LogP contribution in [-0.4, -0.2) is 72.8 Å². The topological polar surface area (TPSA) is 166 Å². The van der Waals surface area contributed by atoms with E-state index in [9.17, 15) is 19.2 Å². The average molecular weight is 550 g/mol. The number of amides is 2. The van der Waals surface area contributed by atoms with E-state index in [0.29, 0.717) is 68.6 Å². The fraction of sp³-hybridized carbons (Fsp3) is 0.308. The number of aromatic nitrogens is 6. The lowest BCUT2D eigenvalue weighted by Gasteiger charge is -2.28. The molecule has 0 atom stereocenters. The SMILES string of the molecule is O=C1CCN1C(=O)c1ccc(COCCOCCn2cc(COc3ccc(-n4c(=O)[nH][nH]c4=O)cc3)nn2)cc1. The first-order valence-electron chi connectivity index (χ1n) is 12.6. The summed E-state index contributed by atoms with van der Waals surface area (Å²) in [7, 11) is 0. The number of imide groups is 1. The van der Waals surface area contributed by atoms with Crippen molar-refractivity contribution in [2.75, 3.05) is 26.4 Å². The third-order valence-corrected chi connectivity index (χ3v) is 6.15. The Labute approximate surface area is 227 Å². The number of hydrogen-bond acceptors (Lipinski definition) is 9. The molecule has 0 radical (unpaired) electrons. The van der Waals surface area contributed by atoms with Crippen LogP contribution in [0.2, 0.25) is 0 Å². The van der Waals surface area contributed by atoms with Crippen molar-refractivity contribution in [3.8, 4) is 11.4 Å². The van der Waals surface area contributed by atoms with Crippen molar-refractivity contribution in [3.05, 3.63) is 92.5 Å². The maximum Gasteiger partial charge on any atom is 0.348 e. The summed E-state index contributed by atoms with van der Waals surface area (Å²) in [6.07, 6.45) is 2.19. The summed E-state index contributed by atoms with van der Waals surface area (Å²) in [4.78, 5) is 48.2. The van der Waals surface area contributed by atoms with Crippen molar-refractivity contribution in [1.29, 1.82) is 0 Å². The predicted octanol–water partition coefficient (Wildman–Crippen LogP) is 0.630. The molecule has 14 heteroatoms. The minimum Gasteiger partial charge on any atom is -0.487 e. The second kappa shape index (κ2) is 12.4. The van der Waals surface area contributed by atoms with Crippen LogP contribution in [0.1, 0.15) is 28.0 Å². The smallest absolute Gasteiger partial charge is 0.348 e. The zero-order valence-electron chi connectivity index (χ0n) is 21.4. The van der Waals surface area contributed by atoms with Gasteiger partial charge < -0.3 is 14.2 Å². The van der Waals surface area contributed by atoms with E-state index in [2.05, 4.69) is 20.5 Å². The Morgan fingerprint density at radius 1 is 0.875 bits per heavy atom. The van der Waals surface area contributed by atoms with Crippen molar-refractivity contribution in [1.82, 2.24) is 34.7 Å². The molecule has 2 aromatic heterocycles. The summed E-state index contributed by atoms with van der Waals surface area (Å²) in [5.74, 6) is 0.153. The van der Waals surface area contributed by atoms with Gasteiger partial charge in [0, 0.05) is 18.5 Å². The molecule has 4 aromatic rings. The fourth-order valence-corrected chi connectivity index (χ4v) is 3.91. The summed E-state index contributed by atoms with van der Waals surface area (Å²) in [6, 6.07) is 13.6. The van der Waals surface area contributed by atoms with Crippen LogP contribution in [0.5, 0.6) is 5.75 Å². The van der Waals surface area contributed by atoms with Crippen molar-refractivity contribution in [2.45, 2.75) is 26.2 Å².